The molecule has 0 unspecified atom stereocenters. The van der Waals surface area contributed by atoms with Gasteiger partial charge in [0.2, 0.25) is 5.91 Å². The molecule has 9 heteroatoms. The van der Waals surface area contributed by atoms with Crippen molar-refractivity contribution in [3.8, 4) is 0 Å². The Bertz CT molecular complexity index is 577. The molecule has 0 bridgehead atoms. The van der Waals surface area contributed by atoms with Crippen LogP contribution < -0.4 is 11.1 Å². The molecule has 2 saturated heterocycles. The van der Waals surface area contributed by atoms with Gasteiger partial charge in [0, 0.05) is 51.6 Å². The Morgan fingerprint density at radius 1 is 1.15 bits per heavy atom. The van der Waals surface area contributed by atoms with Crippen molar-refractivity contribution >= 4 is 48.8 Å². The van der Waals surface area contributed by atoms with Gasteiger partial charge in [-0.25, -0.2) is 0 Å². The van der Waals surface area contributed by atoms with Crippen LogP contribution in [0.15, 0.2) is 24.3 Å². The Kier molecular flexibility index (Phi) is 11.8. The van der Waals surface area contributed by atoms with Crippen molar-refractivity contribution in [3.63, 3.8) is 0 Å². The van der Waals surface area contributed by atoms with Crippen molar-refractivity contribution in [1.29, 1.82) is 0 Å². The van der Waals surface area contributed by atoms with Crippen LogP contribution in [0, 0.1) is 0 Å². The number of nitrogens with zero attached hydrogens (tertiary/aromatic N) is 2. The zero-order valence-corrected chi connectivity index (χ0v) is 18.1. The predicted molar refractivity (Wildman–Crippen MR) is 117 cm³/mol. The molecule has 3 rings (SSSR count). The topological polar surface area (TPSA) is 70.8 Å². The molecule has 2 fully saturated rings. The van der Waals surface area contributed by atoms with Gasteiger partial charge in [-0.1, -0.05) is 12.1 Å². The first-order valence-electron chi connectivity index (χ1n) is 8.73. The molecular weight excluding hydrogens is 411 g/mol. The fourth-order valence-corrected chi connectivity index (χ4v) is 3.23. The van der Waals surface area contributed by atoms with Crippen molar-refractivity contribution in [1.82, 2.24) is 9.80 Å². The lowest BCUT2D eigenvalue weighted by Crippen LogP contribution is -2.54. The molecule has 0 atom stereocenters. The summed E-state index contributed by atoms with van der Waals surface area (Å²) in [6.07, 6.45) is 1.14. The normalized spacial score (nSPS) is 19.8. The summed E-state index contributed by atoms with van der Waals surface area (Å²) in [6, 6.07) is 8.09. The van der Waals surface area contributed by atoms with Gasteiger partial charge >= 0.3 is 0 Å². The van der Waals surface area contributed by atoms with Crippen LogP contribution in [0.4, 0.5) is 5.69 Å². The van der Waals surface area contributed by atoms with Crippen LogP contribution in [0.5, 0.6) is 0 Å². The second-order valence-electron chi connectivity index (χ2n) is 7.00. The number of carbonyl (C=O) groups is 1. The lowest BCUT2D eigenvalue weighted by Gasteiger charge is -2.32. The van der Waals surface area contributed by atoms with E-state index >= 15 is 0 Å². The summed E-state index contributed by atoms with van der Waals surface area (Å²) in [5.74, 6) is -0.109. The van der Waals surface area contributed by atoms with Crippen LogP contribution >= 0.6 is 37.2 Å². The molecule has 156 valence electrons. The fourth-order valence-electron chi connectivity index (χ4n) is 3.23. The molecule has 0 aliphatic carbocycles. The fraction of sp³-hybridized carbons (Fsp3) is 0.611. The summed E-state index contributed by atoms with van der Waals surface area (Å²) in [6.45, 7) is 6.39. The average molecular weight is 442 g/mol. The standard InChI is InChI=1S/C18H28N4O2.3ClH/c1-21-7-9-22(10-8-21)14-15-3-2-4-16(13-15)20-17(23)18(19)5-11-24-12-6-18;;;/h2-4,13H,5-12,14,19H2,1H3,(H,20,23);3*1H. The second kappa shape index (κ2) is 12.1. The molecule has 2 aliphatic heterocycles. The number of carbonyl (C=O) groups excluding carboxylic acids is 1. The van der Waals surface area contributed by atoms with E-state index in [0.717, 1.165) is 38.4 Å². The highest BCUT2D eigenvalue weighted by atomic mass is 35.5. The van der Waals surface area contributed by atoms with Crippen molar-refractivity contribution < 1.29 is 9.53 Å². The van der Waals surface area contributed by atoms with Gasteiger partial charge in [0.25, 0.3) is 0 Å². The highest BCUT2D eigenvalue weighted by Gasteiger charge is 2.35. The second-order valence-corrected chi connectivity index (χ2v) is 7.00. The van der Waals surface area contributed by atoms with E-state index in [1.807, 2.05) is 12.1 Å². The lowest BCUT2D eigenvalue weighted by molar-refractivity contribution is -0.124. The highest BCUT2D eigenvalue weighted by molar-refractivity contribution is 5.98. The van der Waals surface area contributed by atoms with Crippen molar-refractivity contribution in [2.75, 3.05) is 51.8 Å². The van der Waals surface area contributed by atoms with Crippen molar-refractivity contribution in [2.24, 2.45) is 5.73 Å². The van der Waals surface area contributed by atoms with Crippen molar-refractivity contribution in [2.45, 2.75) is 24.9 Å². The Labute approximate surface area is 180 Å². The van der Waals surface area contributed by atoms with Gasteiger partial charge in [-0.05, 0) is 37.6 Å². The first-order valence-corrected chi connectivity index (χ1v) is 8.73. The minimum Gasteiger partial charge on any atom is -0.381 e. The summed E-state index contributed by atoms with van der Waals surface area (Å²) in [5, 5.41) is 2.99. The van der Waals surface area contributed by atoms with Gasteiger partial charge in [-0.3, -0.25) is 9.69 Å². The molecule has 6 nitrogen and oxygen atoms in total. The van der Waals surface area contributed by atoms with Gasteiger partial charge in [0.15, 0.2) is 0 Å². The van der Waals surface area contributed by atoms with Crippen LogP contribution in [0.3, 0.4) is 0 Å². The molecule has 1 aromatic carbocycles. The number of benzene rings is 1. The zero-order chi connectivity index (χ0) is 17.0. The number of anilines is 1. The summed E-state index contributed by atoms with van der Waals surface area (Å²) >= 11 is 0. The van der Waals surface area contributed by atoms with Crippen LogP contribution in [0.1, 0.15) is 18.4 Å². The quantitative estimate of drug-likeness (QED) is 0.749. The van der Waals surface area contributed by atoms with Crippen LogP contribution in [-0.2, 0) is 16.1 Å². The Hall–Kier alpha value is -0.600. The van der Waals surface area contributed by atoms with E-state index in [1.165, 1.54) is 5.56 Å². The highest BCUT2D eigenvalue weighted by Crippen LogP contribution is 2.21. The molecule has 2 heterocycles. The Balaban J connectivity index is 0.00000225. The molecule has 0 spiro atoms. The Morgan fingerprint density at radius 2 is 1.78 bits per heavy atom. The number of hydrogen-bond donors (Lipinski definition) is 2. The van der Waals surface area contributed by atoms with Gasteiger partial charge in [0.05, 0.1) is 0 Å². The zero-order valence-electron chi connectivity index (χ0n) is 15.7. The van der Waals surface area contributed by atoms with E-state index in [1.54, 1.807) is 0 Å². The average Bonchev–Trinajstić information content (AvgIpc) is 2.58. The number of rotatable bonds is 4. The van der Waals surface area contributed by atoms with Crippen LogP contribution in [0.2, 0.25) is 0 Å². The molecule has 1 aromatic rings. The third-order valence-corrected chi connectivity index (χ3v) is 5.02. The predicted octanol–water partition coefficient (Wildman–Crippen LogP) is 2.15. The lowest BCUT2D eigenvalue weighted by atomic mass is 9.90. The number of halogens is 3. The molecule has 0 saturated carbocycles. The summed E-state index contributed by atoms with van der Waals surface area (Å²) in [5.41, 5.74) is 7.47. The monoisotopic (exact) mass is 440 g/mol. The van der Waals surface area contributed by atoms with E-state index in [0.29, 0.717) is 26.1 Å². The number of nitrogens with one attached hydrogen (secondary N) is 1. The van der Waals surface area contributed by atoms with E-state index in [4.69, 9.17) is 10.5 Å². The van der Waals surface area contributed by atoms with E-state index in [2.05, 4.69) is 34.3 Å². The smallest absolute Gasteiger partial charge is 0.244 e. The maximum atomic E-state index is 12.5. The first-order chi connectivity index (χ1) is 11.5. The van der Waals surface area contributed by atoms with Gasteiger partial charge in [-0.2, -0.15) is 0 Å². The first kappa shape index (κ1) is 26.4. The van der Waals surface area contributed by atoms with E-state index < -0.39 is 5.54 Å². The number of nitrogens with two attached hydrogens (primary N) is 1. The molecule has 27 heavy (non-hydrogen) atoms. The largest absolute Gasteiger partial charge is 0.381 e. The molecule has 0 aromatic heterocycles. The van der Waals surface area contributed by atoms with Gasteiger partial charge in [-0.15, -0.1) is 37.2 Å². The maximum Gasteiger partial charge on any atom is 0.244 e. The number of likely N-dealkylation sites (N-methyl/N-ethyl adjacent to an activating group) is 1. The van der Waals surface area contributed by atoms with E-state index in [9.17, 15) is 4.79 Å². The summed E-state index contributed by atoms with van der Waals surface area (Å²) in [4.78, 5) is 17.3. The van der Waals surface area contributed by atoms with Crippen molar-refractivity contribution in [3.05, 3.63) is 29.8 Å². The minimum absolute atomic E-state index is 0. The third-order valence-electron chi connectivity index (χ3n) is 5.02. The minimum atomic E-state index is -0.814. The van der Waals surface area contributed by atoms with E-state index in [-0.39, 0.29) is 43.1 Å². The molecule has 1 amide bonds. The summed E-state index contributed by atoms with van der Waals surface area (Å²) < 4.78 is 5.31. The third kappa shape index (κ3) is 7.38. The molecule has 0 radical (unpaired) electrons. The number of ether oxygens (including phenoxy) is 1. The molecular formula is C18H31Cl3N4O2. The SMILES string of the molecule is CN1CCN(Cc2cccc(NC(=O)C3(N)CCOCC3)c2)CC1.Cl.Cl.Cl. The van der Waals surface area contributed by atoms with Crippen LogP contribution in [0.25, 0.3) is 0 Å². The van der Waals surface area contributed by atoms with Gasteiger partial charge in [0.1, 0.15) is 5.54 Å². The van der Waals surface area contributed by atoms with Gasteiger partial charge < -0.3 is 20.7 Å². The number of hydrogen-bond acceptors (Lipinski definition) is 5. The Morgan fingerprint density at radius 3 is 2.41 bits per heavy atom. The summed E-state index contributed by atoms with van der Waals surface area (Å²) in [7, 11) is 2.16. The number of piperazine rings is 1. The number of amides is 1. The van der Waals surface area contributed by atoms with Crippen LogP contribution in [-0.4, -0.2) is 67.7 Å². The maximum absolute atomic E-state index is 12.5. The molecule has 2 aliphatic rings. The molecule has 3 N–H and O–H groups in total.